The Morgan fingerprint density at radius 1 is 1.40 bits per heavy atom. The Bertz CT molecular complexity index is 337. The maximum Gasteiger partial charge on any atom is 0.323 e. The Morgan fingerprint density at radius 3 is 2.80 bits per heavy atom. The molecular formula is C12H15NO2. The first-order valence-corrected chi connectivity index (χ1v) is 5.19. The number of ether oxygens (including phenoxy) is 1. The van der Waals surface area contributed by atoms with Crippen LogP contribution in [0.4, 0.5) is 0 Å². The lowest BCUT2D eigenvalue weighted by atomic mass is 9.92. The Hall–Kier alpha value is -1.35. The van der Waals surface area contributed by atoms with Crippen molar-refractivity contribution in [2.45, 2.75) is 18.4 Å². The highest BCUT2D eigenvalue weighted by Gasteiger charge is 2.34. The molecule has 1 aromatic rings. The second-order valence-electron chi connectivity index (χ2n) is 3.76. The molecule has 2 rings (SSSR count). The van der Waals surface area contributed by atoms with Gasteiger partial charge in [0.25, 0.3) is 0 Å². The topological polar surface area (TPSA) is 38.3 Å². The third-order valence-electron chi connectivity index (χ3n) is 2.90. The zero-order valence-corrected chi connectivity index (χ0v) is 8.77. The summed E-state index contributed by atoms with van der Waals surface area (Å²) in [6, 6.07) is 9.93. The summed E-state index contributed by atoms with van der Waals surface area (Å²) in [6.45, 7) is 0.874. The van der Waals surface area contributed by atoms with Crippen LogP contribution < -0.4 is 5.32 Å². The van der Waals surface area contributed by atoms with Crippen molar-refractivity contribution in [3.63, 3.8) is 0 Å². The van der Waals surface area contributed by atoms with Crippen molar-refractivity contribution in [3.8, 4) is 0 Å². The highest BCUT2D eigenvalue weighted by molar-refractivity contribution is 5.77. The van der Waals surface area contributed by atoms with Gasteiger partial charge in [0.05, 0.1) is 7.11 Å². The second kappa shape index (κ2) is 4.45. The summed E-state index contributed by atoms with van der Waals surface area (Å²) in [5.41, 5.74) is 1.21. The average Bonchev–Trinajstić information content (AvgIpc) is 2.78. The number of benzene rings is 1. The molecule has 3 nitrogen and oxygen atoms in total. The van der Waals surface area contributed by atoms with Crippen LogP contribution in [0, 0.1) is 0 Å². The minimum Gasteiger partial charge on any atom is -0.468 e. The van der Waals surface area contributed by atoms with Gasteiger partial charge in [-0.1, -0.05) is 30.3 Å². The molecule has 0 radical (unpaired) electrons. The monoisotopic (exact) mass is 205 g/mol. The molecule has 1 aliphatic heterocycles. The first kappa shape index (κ1) is 10.2. The van der Waals surface area contributed by atoms with E-state index in [1.165, 1.54) is 12.7 Å². The van der Waals surface area contributed by atoms with Gasteiger partial charge in [0.2, 0.25) is 0 Å². The first-order valence-electron chi connectivity index (χ1n) is 5.19. The number of carbonyl (C=O) groups is 1. The zero-order valence-electron chi connectivity index (χ0n) is 8.77. The van der Waals surface area contributed by atoms with Crippen LogP contribution in [0.1, 0.15) is 17.9 Å². The normalized spacial score (nSPS) is 25.1. The van der Waals surface area contributed by atoms with Crippen molar-refractivity contribution < 1.29 is 9.53 Å². The van der Waals surface area contributed by atoms with E-state index in [1.54, 1.807) is 0 Å². The Morgan fingerprint density at radius 2 is 2.13 bits per heavy atom. The van der Waals surface area contributed by atoms with Crippen molar-refractivity contribution >= 4 is 5.97 Å². The Balaban J connectivity index is 2.18. The number of esters is 1. The van der Waals surface area contributed by atoms with E-state index < -0.39 is 0 Å². The fourth-order valence-corrected chi connectivity index (χ4v) is 2.14. The molecule has 0 saturated carbocycles. The maximum atomic E-state index is 11.5. The largest absolute Gasteiger partial charge is 0.468 e. The highest BCUT2D eigenvalue weighted by atomic mass is 16.5. The third-order valence-corrected chi connectivity index (χ3v) is 2.90. The standard InChI is InChI=1S/C12H15NO2/c1-15-12(14)11-10(7-8-13-11)9-5-3-2-4-6-9/h2-6,10-11,13H,7-8H2,1H3/t10-,11+/m1/s1. The molecule has 15 heavy (non-hydrogen) atoms. The second-order valence-corrected chi connectivity index (χ2v) is 3.76. The fraction of sp³-hybridized carbons (Fsp3) is 0.417. The molecule has 1 aliphatic rings. The van der Waals surface area contributed by atoms with E-state index in [0.29, 0.717) is 0 Å². The summed E-state index contributed by atoms with van der Waals surface area (Å²) in [5, 5.41) is 3.18. The van der Waals surface area contributed by atoms with Gasteiger partial charge in [0.1, 0.15) is 6.04 Å². The Labute approximate surface area is 89.4 Å². The van der Waals surface area contributed by atoms with Crippen LogP contribution in [-0.4, -0.2) is 25.7 Å². The SMILES string of the molecule is COC(=O)[C@H]1NCC[C@@H]1c1ccccc1. The van der Waals surface area contributed by atoms with Crippen molar-refractivity contribution in [2.24, 2.45) is 0 Å². The Kier molecular flexibility index (Phi) is 3.02. The summed E-state index contributed by atoms with van der Waals surface area (Å²) in [6.07, 6.45) is 0.990. The van der Waals surface area contributed by atoms with Gasteiger partial charge in [-0.25, -0.2) is 0 Å². The quantitative estimate of drug-likeness (QED) is 0.740. The lowest BCUT2D eigenvalue weighted by molar-refractivity contribution is -0.143. The van der Waals surface area contributed by atoms with Crippen molar-refractivity contribution in [1.29, 1.82) is 0 Å². The smallest absolute Gasteiger partial charge is 0.323 e. The van der Waals surface area contributed by atoms with E-state index >= 15 is 0 Å². The van der Waals surface area contributed by atoms with Crippen LogP contribution in [0.25, 0.3) is 0 Å². The molecule has 1 saturated heterocycles. The highest BCUT2D eigenvalue weighted by Crippen LogP contribution is 2.27. The summed E-state index contributed by atoms with van der Waals surface area (Å²) in [7, 11) is 1.43. The van der Waals surface area contributed by atoms with Gasteiger partial charge >= 0.3 is 5.97 Å². The molecule has 1 heterocycles. The number of methoxy groups -OCH3 is 1. The number of carbonyl (C=O) groups excluding carboxylic acids is 1. The van der Waals surface area contributed by atoms with Crippen molar-refractivity contribution in [1.82, 2.24) is 5.32 Å². The summed E-state index contributed by atoms with van der Waals surface area (Å²) >= 11 is 0. The van der Waals surface area contributed by atoms with E-state index in [4.69, 9.17) is 4.74 Å². The molecule has 0 bridgehead atoms. The van der Waals surface area contributed by atoms with Gasteiger partial charge in [-0.2, -0.15) is 0 Å². The van der Waals surface area contributed by atoms with Crippen molar-refractivity contribution in [2.75, 3.05) is 13.7 Å². The van der Waals surface area contributed by atoms with Gasteiger partial charge < -0.3 is 10.1 Å². The third kappa shape index (κ3) is 2.02. The number of rotatable bonds is 2. The molecule has 0 amide bonds. The van der Waals surface area contributed by atoms with E-state index in [2.05, 4.69) is 17.4 Å². The molecule has 3 heteroatoms. The van der Waals surface area contributed by atoms with E-state index in [9.17, 15) is 4.79 Å². The average molecular weight is 205 g/mol. The first-order chi connectivity index (χ1) is 7.33. The minimum atomic E-state index is -0.183. The molecule has 1 N–H and O–H groups in total. The lowest BCUT2D eigenvalue weighted by Crippen LogP contribution is -2.35. The predicted octanol–water partition coefficient (Wildman–Crippen LogP) is 1.31. The fourth-order valence-electron chi connectivity index (χ4n) is 2.14. The minimum absolute atomic E-state index is 0.165. The molecule has 2 atom stereocenters. The van der Waals surface area contributed by atoms with Crippen LogP contribution in [0.15, 0.2) is 30.3 Å². The number of hydrogen-bond donors (Lipinski definition) is 1. The molecule has 1 aromatic carbocycles. The summed E-state index contributed by atoms with van der Waals surface area (Å²) in [5.74, 6) is 0.0833. The summed E-state index contributed by atoms with van der Waals surface area (Å²) < 4.78 is 4.78. The van der Waals surface area contributed by atoms with Crippen molar-refractivity contribution in [3.05, 3.63) is 35.9 Å². The van der Waals surface area contributed by atoms with E-state index in [0.717, 1.165) is 13.0 Å². The number of hydrogen-bond acceptors (Lipinski definition) is 3. The van der Waals surface area contributed by atoms with E-state index in [-0.39, 0.29) is 17.9 Å². The molecular weight excluding hydrogens is 190 g/mol. The molecule has 1 fully saturated rings. The molecule has 80 valence electrons. The van der Waals surface area contributed by atoms with Gasteiger partial charge in [-0.3, -0.25) is 4.79 Å². The molecule has 0 unspecified atom stereocenters. The van der Waals surface area contributed by atoms with Crippen LogP contribution >= 0.6 is 0 Å². The zero-order chi connectivity index (χ0) is 10.7. The lowest BCUT2D eigenvalue weighted by Gasteiger charge is -2.17. The van der Waals surface area contributed by atoms with Gasteiger partial charge in [0.15, 0.2) is 0 Å². The maximum absolute atomic E-state index is 11.5. The summed E-state index contributed by atoms with van der Waals surface area (Å²) in [4.78, 5) is 11.5. The van der Waals surface area contributed by atoms with E-state index in [1.807, 2.05) is 18.2 Å². The van der Waals surface area contributed by atoms with Crippen LogP contribution in [0.2, 0.25) is 0 Å². The number of nitrogens with one attached hydrogen (secondary N) is 1. The van der Waals surface area contributed by atoms with Gasteiger partial charge in [0, 0.05) is 5.92 Å². The molecule has 0 aliphatic carbocycles. The van der Waals surface area contributed by atoms with Crippen LogP contribution in [0.5, 0.6) is 0 Å². The van der Waals surface area contributed by atoms with Gasteiger partial charge in [-0.05, 0) is 18.5 Å². The van der Waals surface area contributed by atoms with Crippen LogP contribution in [0.3, 0.4) is 0 Å². The van der Waals surface area contributed by atoms with Gasteiger partial charge in [-0.15, -0.1) is 0 Å². The van der Waals surface area contributed by atoms with Crippen LogP contribution in [-0.2, 0) is 9.53 Å². The molecule has 0 spiro atoms. The molecule has 0 aromatic heterocycles. The predicted molar refractivity (Wildman–Crippen MR) is 57.6 cm³/mol.